The van der Waals surface area contributed by atoms with E-state index in [9.17, 15) is 9.59 Å². The summed E-state index contributed by atoms with van der Waals surface area (Å²) in [6.45, 7) is 5.25. The summed E-state index contributed by atoms with van der Waals surface area (Å²) in [5.41, 5.74) is 0.699. The van der Waals surface area contributed by atoms with Gasteiger partial charge in [0.25, 0.3) is 5.91 Å². The molecular formula is C21H32ClN3O3. The summed E-state index contributed by atoms with van der Waals surface area (Å²) < 4.78 is 5.62. The molecule has 1 saturated carbocycles. The molecule has 0 spiro atoms. The summed E-state index contributed by atoms with van der Waals surface area (Å²) in [6.07, 6.45) is 5.87. The number of carbonyl (C=O) groups is 2. The molecule has 0 aromatic heterocycles. The van der Waals surface area contributed by atoms with Gasteiger partial charge in [0.15, 0.2) is 6.61 Å². The van der Waals surface area contributed by atoms with Gasteiger partial charge in [-0.25, -0.2) is 0 Å². The van der Waals surface area contributed by atoms with Crippen LogP contribution in [0.4, 0.5) is 5.69 Å². The number of amides is 2. The van der Waals surface area contributed by atoms with E-state index in [1.165, 1.54) is 25.7 Å². The van der Waals surface area contributed by atoms with E-state index in [1.807, 2.05) is 26.0 Å². The predicted molar refractivity (Wildman–Crippen MR) is 113 cm³/mol. The maximum absolute atomic E-state index is 12.6. The first-order valence-electron chi connectivity index (χ1n) is 10.2. The summed E-state index contributed by atoms with van der Waals surface area (Å²) >= 11 is 0. The van der Waals surface area contributed by atoms with Crippen LogP contribution in [0.5, 0.6) is 5.75 Å². The second-order valence-electron chi connectivity index (χ2n) is 7.48. The molecule has 2 N–H and O–H groups in total. The van der Waals surface area contributed by atoms with Crippen LogP contribution in [0.1, 0.15) is 46.0 Å². The summed E-state index contributed by atoms with van der Waals surface area (Å²) in [6, 6.07) is 7.62. The number of likely N-dealkylation sites (N-methyl/N-ethyl adjacent to an activating group) is 1. The van der Waals surface area contributed by atoms with Crippen LogP contribution < -0.4 is 15.4 Å². The third kappa shape index (κ3) is 5.61. The van der Waals surface area contributed by atoms with E-state index in [4.69, 9.17) is 4.74 Å². The first kappa shape index (κ1) is 22.5. The molecule has 1 saturated heterocycles. The predicted octanol–water partition coefficient (Wildman–Crippen LogP) is 3.21. The van der Waals surface area contributed by atoms with Crippen molar-refractivity contribution >= 4 is 29.9 Å². The lowest BCUT2D eigenvalue weighted by Gasteiger charge is -2.24. The summed E-state index contributed by atoms with van der Waals surface area (Å²) in [4.78, 5) is 26.4. The number of nitrogens with one attached hydrogen (secondary N) is 2. The molecule has 1 aliphatic heterocycles. The maximum Gasteiger partial charge on any atom is 0.260 e. The fourth-order valence-corrected chi connectivity index (χ4v) is 4.23. The minimum absolute atomic E-state index is 0. The van der Waals surface area contributed by atoms with Gasteiger partial charge >= 0.3 is 0 Å². The number of hydrogen-bond acceptors (Lipinski definition) is 4. The largest absolute Gasteiger partial charge is 0.484 e. The fourth-order valence-electron chi connectivity index (χ4n) is 4.23. The van der Waals surface area contributed by atoms with Crippen molar-refractivity contribution in [3.63, 3.8) is 0 Å². The lowest BCUT2D eigenvalue weighted by Crippen LogP contribution is -2.39. The van der Waals surface area contributed by atoms with Crippen LogP contribution in [-0.4, -0.2) is 48.5 Å². The Kier molecular flexibility index (Phi) is 8.58. The second kappa shape index (κ2) is 10.7. The molecule has 2 amide bonds. The number of fused-ring (bicyclic) bond motifs is 1. The lowest BCUT2D eigenvalue weighted by molar-refractivity contribution is -0.133. The van der Waals surface area contributed by atoms with E-state index >= 15 is 0 Å². The molecule has 3 unspecified atom stereocenters. The molecule has 0 bridgehead atoms. The average Bonchev–Trinajstić information content (AvgIpc) is 3.12. The molecule has 1 aromatic rings. The van der Waals surface area contributed by atoms with Gasteiger partial charge in [-0.15, -0.1) is 12.4 Å². The van der Waals surface area contributed by atoms with Crippen LogP contribution in [0, 0.1) is 5.92 Å². The van der Waals surface area contributed by atoms with Crippen LogP contribution in [0.2, 0.25) is 0 Å². The van der Waals surface area contributed by atoms with Crippen molar-refractivity contribution in [1.82, 2.24) is 10.2 Å². The average molecular weight is 410 g/mol. The van der Waals surface area contributed by atoms with Gasteiger partial charge in [-0.05, 0) is 51.2 Å². The smallest absolute Gasteiger partial charge is 0.260 e. The molecule has 0 radical (unpaired) electrons. The summed E-state index contributed by atoms with van der Waals surface area (Å²) in [7, 11) is 0. The number of carbonyl (C=O) groups excluding carboxylic acids is 2. The minimum Gasteiger partial charge on any atom is -0.484 e. The Labute approximate surface area is 173 Å². The van der Waals surface area contributed by atoms with E-state index in [0.29, 0.717) is 36.5 Å². The van der Waals surface area contributed by atoms with Gasteiger partial charge in [0.2, 0.25) is 5.91 Å². The molecule has 6 nitrogen and oxygen atoms in total. The Bertz CT molecular complexity index is 652. The number of hydrogen-bond donors (Lipinski definition) is 2. The molecule has 2 fully saturated rings. The van der Waals surface area contributed by atoms with E-state index in [0.717, 1.165) is 6.42 Å². The van der Waals surface area contributed by atoms with Crippen molar-refractivity contribution in [3.05, 3.63) is 24.3 Å². The van der Waals surface area contributed by atoms with Crippen LogP contribution >= 0.6 is 12.4 Å². The molecule has 28 heavy (non-hydrogen) atoms. The van der Waals surface area contributed by atoms with Gasteiger partial charge in [-0.3, -0.25) is 9.59 Å². The van der Waals surface area contributed by atoms with Gasteiger partial charge < -0.3 is 20.3 Å². The number of nitrogens with zero attached hydrogens (tertiary/aromatic N) is 1. The van der Waals surface area contributed by atoms with Crippen molar-refractivity contribution in [2.45, 2.75) is 58.0 Å². The zero-order valence-corrected chi connectivity index (χ0v) is 17.6. The van der Waals surface area contributed by atoms with Crippen molar-refractivity contribution in [2.24, 2.45) is 5.92 Å². The molecule has 3 rings (SSSR count). The molecule has 1 aromatic carbocycles. The van der Waals surface area contributed by atoms with Crippen molar-refractivity contribution in [1.29, 1.82) is 0 Å². The number of benzene rings is 1. The van der Waals surface area contributed by atoms with Crippen molar-refractivity contribution in [2.75, 3.05) is 25.0 Å². The first-order valence-corrected chi connectivity index (χ1v) is 10.2. The highest BCUT2D eigenvalue weighted by atomic mass is 35.5. The third-order valence-electron chi connectivity index (χ3n) is 5.76. The van der Waals surface area contributed by atoms with Gasteiger partial charge in [-0.1, -0.05) is 18.9 Å². The number of halogens is 1. The second-order valence-corrected chi connectivity index (χ2v) is 7.48. The van der Waals surface area contributed by atoms with Crippen LogP contribution in [0.15, 0.2) is 24.3 Å². The Morgan fingerprint density at radius 2 is 1.96 bits per heavy atom. The molecule has 7 heteroatoms. The molecule has 3 atom stereocenters. The SMILES string of the molecule is CCN(CC)C(=O)COc1cccc(NC(=O)C2CC3CCCCC3N2)c1.Cl. The van der Waals surface area contributed by atoms with Crippen LogP contribution in [-0.2, 0) is 9.59 Å². The minimum atomic E-state index is -0.119. The Morgan fingerprint density at radius 1 is 1.21 bits per heavy atom. The first-order chi connectivity index (χ1) is 13.1. The van der Waals surface area contributed by atoms with Gasteiger partial charge in [0, 0.05) is 30.9 Å². The van der Waals surface area contributed by atoms with Gasteiger partial charge in [0.1, 0.15) is 5.75 Å². The standard InChI is InChI=1S/C21H31N3O3.ClH/c1-3-24(4-2)20(25)14-27-17-10-7-9-16(13-17)22-21(26)19-12-15-8-5-6-11-18(15)23-19;/h7,9-10,13,15,18-19,23H,3-6,8,11-12,14H2,1-2H3,(H,22,26);1H. The number of anilines is 1. The van der Waals surface area contributed by atoms with Crippen LogP contribution in [0.3, 0.4) is 0 Å². The maximum atomic E-state index is 12.6. The fraction of sp³-hybridized carbons (Fsp3) is 0.619. The third-order valence-corrected chi connectivity index (χ3v) is 5.76. The summed E-state index contributed by atoms with van der Waals surface area (Å²) in [5.74, 6) is 1.20. The quantitative estimate of drug-likeness (QED) is 0.725. The topological polar surface area (TPSA) is 70.7 Å². The molecule has 2 aliphatic rings. The van der Waals surface area contributed by atoms with Crippen molar-refractivity contribution < 1.29 is 14.3 Å². The molecular weight excluding hydrogens is 378 g/mol. The normalized spacial score (nSPS) is 23.3. The molecule has 156 valence electrons. The van der Waals surface area contributed by atoms with E-state index < -0.39 is 0 Å². The monoisotopic (exact) mass is 409 g/mol. The van der Waals surface area contributed by atoms with Gasteiger partial charge in [-0.2, -0.15) is 0 Å². The molecule has 1 heterocycles. The van der Waals surface area contributed by atoms with Crippen LogP contribution in [0.25, 0.3) is 0 Å². The lowest BCUT2D eigenvalue weighted by atomic mass is 9.85. The Morgan fingerprint density at radius 3 is 2.68 bits per heavy atom. The number of rotatable bonds is 7. The highest BCUT2D eigenvalue weighted by Gasteiger charge is 2.38. The highest BCUT2D eigenvalue weighted by Crippen LogP contribution is 2.33. The Balaban J connectivity index is 0.00000280. The van der Waals surface area contributed by atoms with E-state index in [1.54, 1.807) is 17.0 Å². The van der Waals surface area contributed by atoms with Gasteiger partial charge in [0.05, 0.1) is 6.04 Å². The number of ether oxygens (including phenoxy) is 1. The van der Waals surface area contributed by atoms with E-state index in [2.05, 4.69) is 10.6 Å². The van der Waals surface area contributed by atoms with Crippen molar-refractivity contribution in [3.8, 4) is 5.75 Å². The Hall–Kier alpha value is -1.79. The summed E-state index contributed by atoms with van der Waals surface area (Å²) in [5, 5.41) is 6.49. The zero-order valence-electron chi connectivity index (χ0n) is 16.8. The molecule has 1 aliphatic carbocycles. The zero-order chi connectivity index (χ0) is 19.2. The highest BCUT2D eigenvalue weighted by molar-refractivity contribution is 5.95. The van der Waals surface area contributed by atoms with E-state index in [-0.39, 0.29) is 36.9 Å².